The van der Waals surface area contributed by atoms with Crippen LogP contribution in [-0.4, -0.2) is 0 Å². The van der Waals surface area contributed by atoms with Crippen LogP contribution in [0.5, 0.6) is 0 Å². The van der Waals surface area contributed by atoms with E-state index in [1.54, 1.807) is 0 Å². The topological polar surface area (TPSA) is 17.1 Å². The predicted molar refractivity (Wildman–Crippen MR) is 15.8 cm³/mol. The molecule has 0 bridgehead atoms. The second kappa shape index (κ2) is 4.68. The van der Waals surface area contributed by atoms with Gasteiger partial charge in [-0.05, 0) is 0 Å². The molecule has 0 saturated carbocycles. The van der Waals surface area contributed by atoms with Gasteiger partial charge in [-0.15, -0.1) is 0 Å². The van der Waals surface area contributed by atoms with Gasteiger partial charge in [0, 0.05) is 0 Å². The molecule has 2 heteroatoms. The van der Waals surface area contributed by atoms with Crippen molar-refractivity contribution in [3.05, 3.63) is 0 Å². The summed E-state index contributed by atoms with van der Waals surface area (Å²) in [4.78, 5) is 0. The van der Waals surface area contributed by atoms with Crippen LogP contribution in [0.15, 0.2) is 0 Å². The summed E-state index contributed by atoms with van der Waals surface area (Å²) in [5, 5.41) is 0. The molecule has 0 fully saturated rings. The Hall–Kier alpha value is 0.683. The molecule has 0 amide bonds. The second-order valence-electron chi connectivity index (χ2n) is 0.894. The molecule has 0 aliphatic carbocycles. The van der Waals surface area contributed by atoms with Crippen molar-refractivity contribution in [3.8, 4) is 0 Å². The van der Waals surface area contributed by atoms with Crippen LogP contribution in [0, 0.1) is 0 Å². The standard InChI is InChI=1S/C3H7.O.Zr/c1-3-2;;/h1,3H2,2H3;;. The third-order valence-electron chi connectivity index (χ3n) is 0.352. The zero-order chi connectivity index (χ0) is 4.12. The molecule has 1 nitrogen and oxygen atoms in total. The molecule has 0 unspecified atom stereocenters. The van der Waals surface area contributed by atoms with E-state index in [0.717, 1.165) is 10.5 Å². The van der Waals surface area contributed by atoms with Crippen molar-refractivity contribution >= 4 is 0 Å². The van der Waals surface area contributed by atoms with Crippen LogP contribution < -0.4 is 0 Å². The average molecular weight is 150 g/mol. The Balaban J connectivity index is 2.40. The van der Waals surface area contributed by atoms with Gasteiger partial charge in [-0.1, -0.05) is 0 Å². The van der Waals surface area contributed by atoms with Gasteiger partial charge in [0.15, 0.2) is 0 Å². The van der Waals surface area contributed by atoms with Gasteiger partial charge in [0.2, 0.25) is 0 Å². The molecule has 0 rings (SSSR count). The van der Waals surface area contributed by atoms with Crippen LogP contribution in [0.1, 0.15) is 13.3 Å². The number of hydrogen-bond donors (Lipinski definition) is 0. The maximum atomic E-state index is 9.70. The molecule has 0 aromatic rings. The van der Waals surface area contributed by atoms with E-state index in [1.165, 1.54) is 0 Å². The van der Waals surface area contributed by atoms with E-state index in [2.05, 4.69) is 6.92 Å². The van der Waals surface area contributed by atoms with Gasteiger partial charge in [0.05, 0.1) is 0 Å². The monoisotopic (exact) mass is 149 g/mol. The summed E-state index contributed by atoms with van der Waals surface area (Å²) in [5.41, 5.74) is 0. The molecule has 0 aromatic heterocycles. The minimum atomic E-state index is -1.04. The Labute approximate surface area is 43.8 Å². The quantitative estimate of drug-likeness (QED) is 0.579. The van der Waals surface area contributed by atoms with Crippen LogP contribution >= 0.6 is 0 Å². The number of hydrogen-bond acceptors (Lipinski definition) is 1. The molecule has 0 saturated heterocycles. The van der Waals surface area contributed by atoms with Crippen LogP contribution in [0.25, 0.3) is 0 Å². The third-order valence-corrected chi connectivity index (χ3v) is 2.08. The van der Waals surface area contributed by atoms with E-state index >= 15 is 0 Å². The minimum absolute atomic E-state index is 1.00. The third kappa shape index (κ3) is 4.68. The fourth-order valence-corrected chi connectivity index (χ4v) is 0.604. The molecule has 0 aromatic carbocycles. The first-order chi connectivity index (χ1) is 2.41. The average Bonchev–Trinajstić information content (AvgIpc) is 1.41. The van der Waals surface area contributed by atoms with Gasteiger partial charge >= 0.3 is 43.5 Å². The van der Waals surface area contributed by atoms with Gasteiger partial charge in [0.1, 0.15) is 0 Å². The normalized spacial score (nSPS) is 6.60. The first-order valence-corrected chi connectivity index (χ1v) is 4.51. The van der Waals surface area contributed by atoms with Crippen molar-refractivity contribution in [2.45, 2.75) is 17.5 Å². The van der Waals surface area contributed by atoms with Crippen LogP contribution in [0.3, 0.4) is 0 Å². The summed E-state index contributed by atoms with van der Waals surface area (Å²) in [6.45, 7) is 2.05. The zero-order valence-corrected chi connectivity index (χ0v) is 5.78. The van der Waals surface area contributed by atoms with E-state index in [-0.39, 0.29) is 0 Å². The molecule has 0 aliphatic rings. The molecule has 0 atom stereocenters. The fourth-order valence-electron chi connectivity index (χ4n) is 0.102. The van der Waals surface area contributed by atoms with Crippen molar-refractivity contribution in [3.63, 3.8) is 0 Å². The van der Waals surface area contributed by atoms with E-state index in [4.69, 9.17) is 0 Å². The summed E-state index contributed by atoms with van der Waals surface area (Å²) in [6.07, 6.45) is 1.11. The molecule has 5 heavy (non-hydrogen) atoms. The SMILES string of the molecule is CC[CH2][Zr]=[O]. The van der Waals surface area contributed by atoms with Crippen LogP contribution in [-0.2, 0) is 26.1 Å². The molecule has 0 N–H and O–H groups in total. The molecular weight excluding hydrogens is 143 g/mol. The molecule has 0 spiro atoms. The zero-order valence-electron chi connectivity index (χ0n) is 3.32. The summed E-state index contributed by atoms with van der Waals surface area (Å²) in [7, 11) is 0. The summed E-state index contributed by atoms with van der Waals surface area (Å²) < 4.78 is 10.7. The Morgan fingerprint density at radius 3 is 2.40 bits per heavy atom. The Morgan fingerprint density at radius 1 is 1.80 bits per heavy atom. The van der Waals surface area contributed by atoms with Crippen LogP contribution in [0.2, 0.25) is 4.13 Å². The maximum absolute atomic E-state index is 9.70. The Morgan fingerprint density at radius 2 is 2.40 bits per heavy atom. The van der Waals surface area contributed by atoms with Gasteiger partial charge in [-0.25, -0.2) is 0 Å². The molecular formula is C3H7OZr. The van der Waals surface area contributed by atoms with E-state index in [0.29, 0.717) is 0 Å². The number of rotatable bonds is 2. The first kappa shape index (κ1) is 5.68. The molecule has 29 valence electrons. The van der Waals surface area contributed by atoms with E-state index in [9.17, 15) is 2.81 Å². The Kier molecular flexibility index (Phi) is 5.32. The summed E-state index contributed by atoms with van der Waals surface area (Å²) >= 11 is -1.04. The van der Waals surface area contributed by atoms with Crippen molar-refractivity contribution in [1.82, 2.24) is 0 Å². The van der Waals surface area contributed by atoms with E-state index < -0.39 is 23.2 Å². The summed E-state index contributed by atoms with van der Waals surface area (Å²) in [5.74, 6) is 0. The first-order valence-electron chi connectivity index (χ1n) is 1.76. The molecule has 0 aliphatic heterocycles. The van der Waals surface area contributed by atoms with Crippen molar-refractivity contribution in [1.29, 1.82) is 0 Å². The molecule has 0 heterocycles. The van der Waals surface area contributed by atoms with Gasteiger partial charge in [-0.3, -0.25) is 0 Å². The summed E-state index contributed by atoms with van der Waals surface area (Å²) in [6, 6.07) is 0. The van der Waals surface area contributed by atoms with Crippen molar-refractivity contribution in [2.24, 2.45) is 0 Å². The fraction of sp³-hybridized carbons (Fsp3) is 1.00. The van der Waals surface area contributed by atoms with Gasteiger partial charge < -0.3 is 0 Å². The van der Waals surface area contributed by atoms with Crippen molar-refractivity contribution < 1.29 is 26.1 Å². The second-order valence-corrected chi connectivity index (χ2v) is 2.83. The van der Waals surface area contributed by atoms with Crippen LogP contribution in [0.4, 0.5) is 0 Å². The van der Waals surface area contributed by atoms with Crippen molar-refractivity contribution in [2.75, 3.05) is 0 Å². The predicted octanol–water partition coefficient (Wildman–Crippen LogP) is 1.24. The molecule has 0 radical (unpaired) electrons. The van der Waals surface area contributed by atoms with E-state index in [1.807, 2.05) is 0 Å². The van der Waals surface area contributed by atoms with Gasteiger partial charge in [0.25, 0.3) is 0 Å². The Bertz CT molecular complexity index is 28.1. The van der Waals surface area contributed by atoms with Gasteiger partial charge in [-0.2, -0.15) is 0 Å².